The zero-order valence-corrected chi connectivity index (χ0v) is 13.1. The number of anilines is 1. The molecule has 0 aliphatic carbocycles. The Balaban J connectivity index is 2.23. The highest BCUT2D eigenvalue weighted by Crippen LogP contribution is 2.28. The van der Waals surface area contributed by atoms with Crippen LogP contribution in [0.25, 0.3) is 0 Å². The predicted molar refractivity (Wildman–Crippen MR) is 84.7 cm³/mol. The van der Waals surface area contributed by atoms with Crippen LogP contribution in [0.5, 0.6) is 0 Å². The SMILES string of the molecule is CN(Cc1ccccc1Cl)c1ccc(C(=O)O)cc1Br. The van der Waals surface area contributed by atoms with E-state index in [2.05, 4.69) is 15.9 Å². The molecule has 20 heavy (non-hydrogen) atoms. The van der Waals surface area contributed by atoms with E-state index in [4.69, 9.17) is 16.7 Å². The Bertz CT molecular complexity index is 646. The number of aromatic carboxylic acids is 1. The van der Waals surface area contributed by atoms with Gasteiger partial charge in [-0.2, -0.15) is 0 Å². The molecule has 0 spiro atoms. The molecule has 0 heterocycles. The van der Waals surface area contributed by atoms with Crippen LogP contribution in [0, 0.1) is 0 Å². The molecule has 0 amide bonds. The maximum absolute atomic E-state index is 10.9. The third kappa shape index (κ3) is 3.32. The Hall–Kier alpha value is -1.52. The van der Waals surface area contributed by atoms with Crippen LogP contribution in [0.4, 0.5) is 5.69 Å². The molecule has 3 nitrogen and oxygen atoms in total. The van der Waals surface area contributed by atoms with Crippen LogP contribution in [0.15, 0.2) is 46.9 Å². The molecule has 0 saturated heterocycles. The van der Waals surface area contributed by atoms with E-state index in [0.717, 1.165) is 20.7 Å². The highest BCUT2D eigenvalue weighted by Gasteiger charge is 2.11. The van der Waals surface area contributed by atoms with Gasteiger partial charge in [0.05, 0.1) is 11.3 Å². The van der Waals surface area contributed by atoms with E-state index in [9.17, 15) is 4.79 Å². The van der Waals surface area contributed by atoms with Crippen molar-refractivity contribution in [3.63, 3.8) is 0 Å². The van der Waals surface area contributed by atoms with Crippen molar-refractivity contribution in [1.29, 1.82) is 0 Å². The summed E-state index contributed by atoms with van der Waals surface area (Å²) in [6.45, 7) is 0.644. The first-order valence-corrected chi connectivity index (χ1v) is 7.13. The van der Waals surface area contributed by atoms with Gasteiger partial charge in [-0.05, 0) is 45.8 Å². The second-order valence-corrected chi connectivity index (χ2v) is 5.68. The summed E-state index contributed by atoms with van der Waals surface area (Å²) < 4.78 is 0.743. The van der Waals surface area contributed by atoms with Crippen molar-refractivity contribution in [1.82, 2.24) is 0 Å². The summed E-state index contributed by atoms with van der Waals surface area (Å²) in [4.78, 5) is 12.9. The number of carboxylic acid groups (broad SMARTS) is 1. The smallest absolute Gasteiger partial charge is 0.335 e. The normalized spacial score (nSPS) is 10.3. The second kappa shape index (κ2) is 6.29. The molecular weight excluding hydrogens is 342 g/mol. The summed E-state index contributed by atoms with van der Waals surface area (Å²) in [6.07, 6.45) is 0. The van der Waals surface area contributed by atoms with E-state index in [1.54, 1.807) is 18.2 Å². The molecule has 0 radical (unpaired) electrons. The molecular formula is C15H13BrClNO2. The minimum absolute atomic E-state index is 0.256. The van der Waals surface area contributed by atoms with Crippen LogP contribution >= 0.6 is 27.5 Å². The molecule has 0 aliphatic rings. The number of carboxylic acids is 1. The Morgan fingerprint density at radius 1 is 1.30 bits per heavy atom. The first-order valence-electron chi connectivity index (χ1n) is 5.96. The molecule has 0 atom stereocenters. The monoisotopic (exact) mass is 353 g/mol. The summed E-state index contributed by atoms with van der Waals surface area (Å²) in [5.74, 6) is -0.939. The number of nitrogens with zero attached hydrogens (tertiary/aromatic N) is 1. The number of rotatable bonds is 4. The standard InChI is InChI=1S/C15H13BrClNO2/c1-18(9-11-4-2-3-5-13(11)17)14-7-6-10(15(19)20)8-12(14)16/h2-8H,9H2,1H3,(H,19,20). The van der Waals surface area contributed by atoms with Crippen LogP contribution in [0.1, 0.15) is 15.9 Å². The molecule has 0 aromatic heterocycles. The van der Waals surface area contributed by atoms with Gasteiger partial charge < -0.3 is 10.0 Å². The molecule has 5 heteroatoms. The van der Waals surface area contributed by atoms with E-state index < -0.39 is 5.97 Å². The van der Waals surface area contributed by atoms with Gasteiger partial charge in [-0.3, -0.25) is 0 Å². The number of hydrogen-bond donors (Lipinski definition) is 1. The fourth-order valence-corrected chi connectivity index (χ4v) is 2.79. The minimum atomic E-state index is -0.939. The lowest BCUT2D eigenvalue weighted by atomic mass is 10.1. The fraction of sp³-hybridized carbons (Fsp3) is 0.133. The van der Waals surface area contributed by atoms with E-state index in [0.29, 0.717) is 6.54 Å². The maximum Gasteiger partial charge on any atom is 0.335 e. The molecule has 0 unspecified atom stereocenters. The third-order valence-electron chi connectivity index (χ3n) is 2.97. The summed E-state index contributed by atoms with van der Waals surface area (Å²) in [5.41, 5.74) is 2.19. The molecule has 0 fully saturated rings. The van der Waals surface area contributed by atoms with Gasteiger partial charge >= 0.3 is 5.97 Å². The first kappa shape index (κ1) is 14.9. The summed E-state index contributed by atoms with van der Waals surface area (Å²) in [6, 6.07) is 12.6. The van der Waals surface area contributed by atoms with Gasteiger partial charge in [-0.25, -0.2) is 4.79 Å². The molecule has 1 N–H and O–H groups in total. The zero-order chi connectivity index (χ0) is 14.7. The Morgan fingerprint density at radius 3 is 2.60 bits per heavy atom. The van der Waals surface area contributed by atoms with Crippen LogP contribution in [0.3, 0.4) is 0 Å². The van der Waals surface area contributed by atoms with Gasteiger partial charge in [0.1, 0.15) is 0 Å². The quantitative estimate of drug-likeness (QED) is 0.882. The molecule has 2 rings (SSSR count). The third-order valence-corrected chi connectivity index (χ3v) is 3.98. The largest absolute Gasteiger partial charge is 0.478 e. The van der Waals surface area contributed by atoms with Crippen molar-refractivity contribution in [2.45, 2.75) is 6.54 Å². The molecule has 2 aromatic rings. The van der Waals surface area contributed by atoms with Gasteiger partial charge in [0.15, 0.2) is 0 Å². The average molecular weight is 355 g/mol. The topological polar surface area (TPSA) is 40.5 Å². The average Bonchev–Trinajstić information content (AvgIpc) is 2.41. The van der Waals surface area contributed by atoms with Crippen molar-refractivity contribution >= 4 is 39.2 Å². The van der Waals surface area contributed by atoms with Crippen molar-refractivity contribution in [3.8, 4) is 0 Å². The number of benzene rings is 2. The first-order chi connectivity index (χ1) is 9.49. The van der Waals surface area contributed by atoms with Crippen LogP contribution in [-0.2, 0) is 6.54 Å². The fourth-order valence-electron chi connectivity index (χ4n) is 1.92. The number of hydrogen-bond acceptors (Lipinski definition) is 2. The van der Waals surface area contributed by atoms with Crippen molar-refractivity contribution in [3.05, 3.63) is 63.1 Å². The summed E-state index contributed by atoms with van der Waals surface area (Å²) in [7, 11) is 1.93. The van der Waals surface area contributed by atoms with Crippen LogP contribution in [-0.4, -0.2) is 18.1 Å². The van der Waals surface area contributed by atoms with Gasteiger partial charge in [-0.1, -0.05) is 29.8 Å². The van der Waals surface area contributed by atoms with Crippen molar-refractivity contribution < 1.29 is 9.90 Å². The van der Waals surface area contributed by atoms with E-state index in [1.165, 1.54) is 0 Å². The lowest BCUT2D eigenvalue weighted by Crippen LogP contribution is -2.17. The van der Waals surface area contributed by atoms with Gasteiger partial charge in [0.25, 0.3) is 0 Å². The Labute approximate surface area is 130 Å². The van der Waals surface area contributed by atoms with E-state index >= 15 is 0 Å². The zero-order valence-electron chi connectivity index (χ0n) is 10.8. The molecule has 104 valence electrons. The Kier molecular flexibility index (Phi) is 4.68. The maximum atomic E-state index is 10.9. The summed E-state index contributed by atoms with van der Waals surface area (Å²) >= 11 is 9.56. The molecule has 0 saturated carbocycles. The predicted octanol–water partition coefficient (Wildman–Crippen LogP) is 4.44. The highest BCUT2D eigenvalue weighted by atomic mass is 79.9. The number of halogens is 2. The highest BCUT2D eigenvalue weighted by molar-refractivity contribution is 9.10. The summed E-state index contributed by atoms with van der Waals surface area (Å²) in [5, 5.41) is 9.68. The van der Waals surface area contributed by atoms with E-state index in [-0.39, 0.29) is 5.56 Å². The van der Waals surface area contributed by atoms with Crippen molar-refractivity contribution in [2.75, 3.05) is 11.9 Å². The van der Waals surface area contributed by atoms with Gasteiger partial charge in [0, 0.05) is 23.1 Å². The molecule has 0 bridgehead atoms. The second-order valence-electron chi connectivity index (χ2n) is 4.42. The van der Waals surface area contributed by atoms with Crippen LogP contribution in [0.2, 0.25) is 5.02 Å². The van der Waals surface area contributed by atoms with Crippen LogP contribution < -0.4 is 4.90 Å². The van der Waals surface area contributed by atoms with Crippen molar-refractivity contribution in [2.24, 2.45) is 0 Å². The lowest BCUT2D eigenvalue weighted by Gasteiger charge is -2.21. The molecule has 0 aliphatic heterocycles. The van der Waals surface area contributed by atoms with Gasteiger partial charge in [0.2, 0.25) is 0 Å². The van der Waals surface area contributed by atoms with Gasteiger partial charge in [-0.15, -0.1) is 0 Å². The lowest BCUT2D eigenvalue weighted by molar-refractivity contribution is 0.0697. The number of carbonyl (C=O) groups is 1. The Morgan fingerprint density at radius 2 is 2.00 bits per heavy atom. The minimum Gasteiger partial charge on any atom is -0.478 e. The van der Waals surface area contributed by atoms with E-state index in [1.807, 2.05) is 36.2 Å². The molecule has 2 aromatic carbocycles.